The van der Waals surface area contributed by atoms with E-state index >= 15 is 0 Å². The van der Waals surface area contributed by atoms with Crippen LogP contribution in [-0.4, -0.2) is 30.2 Å². The molecule has 1 aromatic carbocycles. The average molecular weight is 244 g/mol. The first-order valence-corrected chi connectivity index (χ1v) is 5.06. The minimum Gasteiger partial charge on any atom is -0.395 e. The molecule has 1 rings (SSSR count). The molecule has 0 spiro atoms. The van der Waals surface area contributed by atoms with Crippen molar-refractivity contribution < 1.29 is 5.11 Å². The molecule has 13 heavy (non-hydrogen) atoms. The maximum absolute atomic E-state index is 8.73. The molecule has 1 aromatic rings. The lowest BCUT2D eigenvalue weighted by Gasteiger charge is -2.15. The second kappa shape index (κ2) is 5.37. The molecule has 3 heteroatoms. The fourth-order valence-corrected chi connectivity index (χ4v) is 1.58. The third kappa shape index (κ3) is 3.46. The summed E-state index contributed by atoms with van der Waals surface area (Å²) < 4.78 is 1.12. The van der Waals surface area contributed by atoms with Crippen molar-refractivity contribution in [1.29, 1.82) is 0 Å². The van der Waals surface area contributed by atoms with E-state index < -0.39 is 0 Å². The Labute approximate surface area is 87.3 Å². The van der Waals surface area contributed by atoms with Gasteiger partial charge in [-0.25, -0.2) is 0 Å². The van der Waals surface area contributed by atoms with Crippen molar-refractivity contribution >= 4 is 15.9 Å². The lowest BCUT2D eigenvalue weighted by molar-refractivity contribution is 0.217. The molecule has 0 saturated carbocycles. The summed E-state index contributed by atoms with van der Waals surface area (Å²) in [5.41, 5.74) is 1.25. The van der Waals surface area contributed by atoms with Crippen molar-refractivity contribution in [1.82, 2.24) is 4.90 Å². The predicted molar refractivity (Wildman–Crippen MR) is 57.6 cm³/mol. The fourth-order valence-electron chi connectivity index (χ4n) is 1.17. The van der Waals surface area contributed by atoms with Gasteiger partial charge >= 0.3 is 0 Å². The van der Waals surface area contributed by atoms with Gasteiger partial charge < -0.3 is 5.11 Å². The summed E-state index contributed by atoms with van der Waals surface area (Å²) in [7, 11) is 2.00. The maximum atomic E-state index is 8.73. The Hall–Kier alpha value is -0.380. The minimum atomic E-state index is 0.209. The molecule has 0 radical (unpaired) electrons. The highest BCUT2D eigenvalue weighted by Crippen LogP contribution is 2.16. The fraction of sp³-hybridized carbons (Fsp3) is 0.400. The summed E-state index contributed by atoms with van der Waals surface area (Å²) in [6.45, 7) is 1.78. The summed E-state index contributed by atoms with van der Waals surface area (Å²) in [5.74, 6) is 0. The van der Waals surface area contributed by atoms with Gasteiger partial charge in [-0.2, -0.15) is 0 Å². The molecule has 0 bridgehead atoms. The number of aliphatic hydroxyl groups is 1. The second-order valence-corrected chi connectivity index (χ2v) is 3.91. The van der Waals surface area contributed by atoms with Crippen LogP contribution in [0.15, 0.2) is 28.7 Å². The molecule has 0 aliphatic heterocycles. The van der Waals surface area contributed by atoms with Crippen molar-refractivity contribution in [2.45, 2.75) is 6.54 Å². The first-order chi connectivity index (χ1) is 6.24. The highest BCUT2D eigenvalue weighted by Gasteiger charge is 2.01. The van der Waals surface area contributed by atoms with Crippen LogP contribution in [0.2, 0.25) is 0 Å². The third-order valence-corrected chi connectivity index (χ3v) is 2.65. The molecule has 0 aliphatic rings. The van der Waals surface area contributed by atoms with Crippen molar-refractivity contribution in [3.8, 4) is 0 Å². The van der Waals surface area contributed by atoms with Gasteiger partial charge in [-0.1, -0.05) is 34.1 Å². The van der Waals surface area contributed by atoms with Crippen molar-refractivity contribution in [2.75, 3.05) is 20.2 Å². The topological polar surface area (TPSA) is 23.5 Å². The number of rotatable bonds is 4. The summed E-state index contributed by atoms with van der Waals surface area (Å²) >= 11 is 3.49. The van der Waals surface area contributed by atoms with E-state index in [9.17, 15) is 0 Å². The zero-order valence-electron chi connectivity index (χ0n) is 7.70. The van der Waals surface area contributed by atoms with Crippen LogP contribution in [0.4, 0.5) is 0 Å². The molecule has 0 fully saturated rings. The Balaban J connectivity index is 2.58. The van der Waals surface area contributed by atoms with E-state index in [2.05, 4.69) is 26.9 Å². The van der Waals surface area contributed by atoms with Crippen LogP contribution in [-0.2, 0) is 6.54 Å². The number of likely N-dealkylation sites (N-methyl/N-ethyl adjacent to an activating group) is 1. The molecule has 0 aromatic heterocycles. The number of halogens is 1. The number of hydrogen-bond donors (Lipinski definition) is 1. The van der Waals surface area contributed by atoms with Gasteiger partial charge in [0.2, 0.25) is 0 Å². The number of hydrogen-bond acceptors (Lipinski definition) is 2. The van der Waals surface area contributed by atoms with E-state index in [-0.39, 0.29) is 6.61 Å². The van der Waals surface area contributed by atoms with Crippen LogP contribution in [0, 0.1) is 0 Å². The van der Waals surface area contributed by atoms with Gasteiger partial charge in [-0.05, 0) is 18.7 Å². The molecule has 0 heterocycles. The largest absolute Gasteiger partial charge is 0.395 e. The van der Waals surface area contributed by atoms with Crippen LogP contribution in [0.25, 0.3) is 0 Å². The molecule has 72 valence electrons. The van der Waals surface area contributed by atoms with E-state index in [1.807, 2.05) is 25.2 Å². The van der Waals surface area contributed by atoms with E-state index in [0.717, 1.165) is 11.0 Å². The van der Waals surface area contributed by atoms with Gasteiger partial charge in [0.25, 0.3) is 0 Å². The Morgan fingerprint density at radius 1 is 1.38 bits per heavy atom. The summed E-state index contributed by atoms with van der Waals surface area (Å²) in [5, 5.41) is 8.73. The molecular formula is C10H14BrNO. The second-order valence-electron chi connectivity index (χ2n) is 3.05. The maximum Gasteiger partial charge on any atom is 0.0558 e. The van der Waals surface area contributed by atoms with Crippen molar-refractivity contribution in [3.63, 3.8) is 0 Å². The summed E-state index contributed by atoms with van der Waals surface area (Å²) in [6, 6.07) is 8.13. The number of nitrogens with zero attached hydrogens (tertiary/aromatic N) is 1. The summed E-state index contributed by atoms with van der Waals surface area (Å²) in [4.78, 5) is 2.08. The standard InChI is InChI=1S/C10H14BrNO/c1-12(6-7-13)8-9-4-2-3-5-10(9)11/h2-5,13H,6-8H2,1H3. The van der Waals surface area contributed by atoms with Crippen LogP contribution in [0.3, 0.4) is 0 Å². The molecule has 0 aliphatic carbocycles. The van der Waals surface area contributed by atoms with E-state index in [1.165, 1.54) is 5.56 Å². The Kier molecular flexibility index (Phi) is 4.42. The Morgan fingerprint density at radius 2 is 2.08 bits per heavy atom. The zero-order chi connectivity index (χ0) is 9.68. The first-order valence-electron chi connectivity index (χ1n) is 4.27. The average Bonchev–Trinajstić information content (AvgIpc) is 2.09. The van der Waals surface area contributed by atoms with Gasteiger partial charge in [0.05, 0.1) is 6.61 Å². The van der Waals surface area contributed by atoms with E-state index in [4.69, 9.17) is 5.11 Å². The highest BCUT2D eigenvalue weighted by molar-refractivity contribution is 9.10. The van der Waals surface area contributed by atoms with E-state index in [1.54, 1.807) is 0 Å². The molecule has 1 N–H and O–H groups in total. The smallest absolute Gasteiger partial charge is 0.0558 e. The predicted octanol–water partition coefficient (Wildman–Crippen LogP) is 1.87. The quantitative estimate of drug-likeness (QED) is 0.874. The van der Waals surface area contributed by atoms with Gasteiger partial charge in [0.15, 0.2) is 0 Å². The van der Waals surface area contributed by atoms with Gasteiger partial charge in [0, 0.05) is 17.6 Å². The van der Waals surface area contributed by atoms with Crippen LogP contribution in [0.1, 0.15) is 5.56 Å². The van der Waals surface area contributed by atoms with Crippen LogP contribution < -0.4 is 0 Å². The Morgan fingerprint density at radius 3 is 2.69 bits per heavy atom. The lowest BCUT2D eigenvalue weighted by atomic mass is 10.2. The zero-order valence-corrected chi connectivity index (χ0v) is 9.29. The first kappa shape index (κ1) is 10.7. The summed E-state index contributed by atoms with van der Waals surface area (Å²) in [6.07, 6.45) is 0. The van der Waals surface area contributed by atoms with Crippen LogP contribution in [0.5, 0.6) is 0 Å². The number of benzene rings is 1. The lowest BCUT2D eigenvalue weighted by Crippen LogP contribution is -2.21. The van der Waals surface area contributed by atoms with E-state index in [0.29, 0.717) is 6.54 Å². The molecule has 0 saturated heterocycles. The molecule has 0 unspecified atom stereocenters. The normalized spacial score (nSPS) is 10.8. The third-order valence-electron chi connectivity index (χ3n) is 1.88. The minimum absolute atomic E-state index is 0.209. The van der Waals surface area contributed by atoms with Gasteiger partial charge in [0.1, 0.15) is 0 Å². The number of aliphatic hydroxyl groups excluding tert-OH is 1. The van der Waals surface area contributed by atoms with Crippen molar-refractivity contribution in [3.05, 3.63) is 34.3 Å². The van der Waals surface area contributed by atoms with Crippen LogP contribution >= 0.6 is 15.9 Å². The molecule has 0 atom stereocenters. The monoisotopic (exact) mass is 243 g/mol. The van der Waals surface area contributed by atoms with Crippen molar-refractivity contribution in [2.24, 2.45) is 0 Å². The van der Waals surface area contributed by atoms with Gasteiger partial charge in [-0.3, -0.25) is 4.90 Å². The molecule has 2 nitrogen and oxygen atoms in total. The molecule has 0 amide bonds. The van der Waals surface area contributed by atoms with Gasteiger partial charge in [-0.15, -0.1) is 0 Å². The molecular weight excluding hydrogens is 230 g/mol. The highest BCUT2D eigenvalue weighted by atomic mass is 79.9. The SMILES string of the molecule is CN(CCO)Cc1ccccc1Br. The Bertz CT molecular complexity index is 265.